The fraction of sp³-hybridized carbons (Fsp3) is 0.529. The smallest absolute Gasteiger partial charge is 0.237 e. The summed E-state index contributed by atoms with van der Waals surface area (Å²) >= 11 is 3.38. The van der Waals surface area contributed by atoms with E-state index in [9.17, 15) is 4.79 Å². The SMILES string of the molecule is Cc1csc(N2CCCN(C(C)C(=O)NCc3cccs3)CC2)n1. The van der Waals surface area contributed by atoms with Crippen molar-refractivity contribution in [1.82, 2.24) is 15.2 Å². The quantitative estimate of drug-likeness (QED) is 0.886. The number of nitrogens with zero attached hydrogens (tertiary/aromatic N) is 3. The Hall–Kier alpha value is -1.44. The van der Waals surface area contributed by atoms with Gasteiger partial charge in [0.2, 0.25) is 5.91 Å². The molecule has 1 aliphatic rings. The number of anilines is 1. The highest BCUT2D eigenvalue weighted by Crippen LogP contribution is 2.22. The van der Waals surface area contributed by atoms with Crippen LogP contribution in [0.5, 0.6) is 0 Å². The maximum Gasteiger partial charge on any atom is 0.237 e. The van der Waals surface area contributed by atoms with Crippen LogP contribution in [0.25, 0.3) is 0 Å². The molecule has 0 bridgehead atoms. The Labute approximate surface area is 151 Å². The lowest BCUT2D eigenvalue weighted by Crippen LogP contribution is -2.46. The van der Waals surface area contributed by atoms with E-state index < -0.39 is 0 Å². The number of nitrogens with one attached hydrogen (secondary N) is 1. The molecule has 0 radical (unpaired) electrons. The van der Waals surface area contributed by atoms with Gasteiger partial charge in [0.05, 0.1) is 18.3 Å². The van der Waals surface area contributed by atoms with E-state index in [1.807, 2.05) is 25.3 Å². The Balaban J connectivity index is 1.52. The number of thiazole rings is 1. The molecule has 0 aromatic carbocycles. The molecule has 0 spiro atoms. The van der Waals surface area contributed by atoms with Gasteiger partial charge in [-0.2, -0.15) is 0 Å². The first kappa shape index (κ1) is 17.4. The highest BCUT2D eigenvalue weighted by Gasteiger charge is 2.24. The molecule has 1 amide bonds. The molecule has 0 aliphatic carbocycles. The minimum Gasteiger partial charge on any atom is -0.350 e. The normalized spacial score (nSPS) is 17.5. The second kappa shape index (κ2) is 8.09. The Kier molecular flexibility index (Phi) is 5.86. The number of aromatic nitrogens is 1. The number of amides is 1. The summed E-state index contributed by atoms with van der Waals surface area (Å²) < 4.78 is 0. The van der Waals surface area contributed by atoms with Crippen LogP contribution in [-0.4, -0.2) is 48.0 Å². The first-order valence-corrected chi connectivity index (χ1v) is 10.1. The molecule has 2 aromatic rings. The summed E-state index contributed by atoms with van der Waals surface area (Å²) in [6, 6.07) is 3.97. The summed E-state index contributed by atoms with van der Waals surface area (Å²) in [5.41, 5.74) is 1.08. The first-order chi connectivity index (χ1) is 11.6. The van der Waals surface area contributed by atoms with Crippen LogP contribution >= 0.6 is 22.7 Å². The third kappa shape index (κ3) is 4.34. The van der Waals surface area contributed by atoms with Gasteiger partial charge in [-0.1, -0.05) is 6.07 Å². The number of aryl methyl sites for hydroxylation is 1. The number of thiophene rings is 1. The lowest BCUT2D eigenvalue weighted by Gasteiger charge is -2.26. The third-order valence-electron chi connectivity index (χ3n) is 4.35. The van der Waals surface area contributed by atoms with Crippen molar-refractivity contribution in [1.29, 1.82) is 0 Å². The summed E-state index contributed by atoms with van der Waals surface area (Å²) in [5.74, 6) is 0.113. The molecule has 1 unspecified atom stereocenters. The van der Waals surface area contributed by atoms with Gasteiger partial charge in [-0.25, -0.2) is 4.98 Å². The van der Waals surface area contributed by atoms with Crippen molar-refractivity contribution >= 4 is 33.7 Å². The van der Waals surface area contributed by atoms with E-state index in [0.717, 1.165) is 43.4 Å². The van der Waals surface area contributed by atoms with Crippen LogP contribution in [0.15, 0.2) is 22.9 Å². The highest BCUT2D eigenvalue weighted by atomic mass is 32.1. The molecule has 1 N–H and O–H groups in total. The van der Waals surface area contributed by atoms with Crippen molar-refractivity contribution in [3.8, 4) is 0 Å². The Morgan fingerprint density at radius 2 is 2.21 bits per heavy atom. The molecule has 3 heterocycles. The maximum atomic E-state index is 12.4. The minimum atomic E-state index is -0.0945. The van der Waals surface area contributed by atoms with Crippen LogP contribution in [-0.2, 0) is 11.3 Å². The second-order valence-corrected chi connectivity index (χ2v) is 7.99. The van der Waals surface area contributed by atoms with Gasteiger partial charge >= 0.3 is 0 Å². The molecule has 24 heavy (non-hydrogen) atoms. The van der Waals surface area contributed by atoms with E-state index in [2.05, 4.69) is 31.5 Å². The Morgan fingerprint density at radius 3 is 2.92 bits per heavy atom. The molecule has 1 aliphatic heterocycles. The molecule has 5 nitrogen and oxygen atoms in total. The second-order valence-electron chi connectivity index (χ2n) is 6.12. The topological polar surface area (TPSA) is 48.5 Å². The van der Waals surface area contributed by atoms with Crippen LogP contribution in [0.1, 0.15) is 23.9 Å². The number of carbonyl (C=O) groups excluding carboxylic acids is 1. The number of hydrogen-bond donors (Lipinski definition) is 1. The van der Waals surface area contributed by atoms with E-state index in [1.54, 1.807) is 22.7 Å². The third-order valence-corrected chi connectivity index (χ3v) is 6.25. The Morgan fingerprint density at radius 1 is 1.33 bits per heavy atom. The molecule has 7 heteroatoms. The number of rotatable bonds is 5. The summed E-state index contributed by atoms with van der Waals surface area (Å²) in [5, 5.41) is 8.29. The predicted octanol–water partition coefficient (Wildman–Crippen LogP) is 2.73. The average Bonchev–Trinajstić information content (AvgIpc) is 3.18. The molecule has 1 saturated heterocycles. The van der Waals surface area contributed by atoms with Gasteiger partial charge < -0.3 is 10.2 Å². The fourth-order valence-corrected chi connectivity index (χ4v) is 4.41. The summed E-state index contributed by atoms with van der Waals surface area (Å²) in [4.78, 5) is 22.8. The average molecular weight is 365 g/mol. The van der Waals surface area contributed by atoms with E-state index in [-0.39, 0.29) is 11.9 Å². The molecule has 0 saturated carbocycles. The van der Waals surface area contributed by atoms with Crippen LogP contribution < -0.4 is 10.2 Å². The fourth-order valence-electron chi connectivity index (χ4n) is 2.90. The zero-order valence-electron chi connectivity index (χ0n) is 14.2. The summed E-state index contributed by atoms with van der Waals surface area (Å²) in [6.45, 7) is 8.44. The molecule has 1 fully saturated rings. The minimum absolute atomic E-state index is 0.0945. The molecule has 1 atom stereocenters. The van der Waals surface area contributed by atoms with Gasteiger partial charge in [0.25, 0.3) is 0 Å². The van der Waals surface area contributed by atoms with Crippen molar-refractivity contribution in [2.75, 3.05) is 31.1 Å². The van der Waals surface area contributed by atoms with E-state index >= 15 is 0 Å². The standard InChI is InChI=1S/C17H24N4OS2/c1-13-12-24-17(19-13)21-7-4-6-20(8-9-21)14(2)16(22)18-11-15-5-3-10-23-15/h3,5,10,12,14H,4,6-9,11H2,1-2H3,(H,18,22). The van der Waals surface area contributed by atoms with E-state index in [4.69, 9.17) is 0 Å². The van der Waals surface area contributed by atoms with Gasteiger partial charge in [-0.3, -0.25) is 9.69 Å². The van der Waals surface area contributed by atoms with Crippen LogP contribution in [0, 0.1) is 6.92 Å². The zero-order chi connectivity index (χ0) is 16.9. The monoisotopic (exact) mass is 364 g/mol. The lowest BCUT2D eigenvalue weighted by atomic mass is 10.2. The molecular formula is C17H24N4OS2. The summed E-state index contributed by atoms with van der Waals surface area (Å²) in [7, 11) is 0. The Bertz CT molecular complexity index is 655. The summed E-state index contributed by atoms with van der Waals surface area (Å²) in [6.07, 6.45) is 1.06. The first-order valence-electron chi connectivity index (χ1n) is 8.34. The van der Waals surface area contributed by atoms with Crippen LogP contribution in [0.4, 0.5) is 5.13 Å². The van der Waals surface area contributed by atoms with Crippen molar-refractivity contribution in [2.24, 2.45) is 0 Å². The molecule has 3 rings (SSSR count). The van der Waals surface area contributed by atoms with Crippen molar-refractivity contribution < 1.29 is 4.79 Å². The number of hydrogen-bond acceptors (Lipinski definition) is 6. The van der Waals surface area contributed by atoms with Gasteiger partial charge in [-0.15, -0.1) is 22.7 Å². The number of carbonyl (C=O) groups is 1. The van der Waals surface area contributed by atoms with Crippen LogP contribution in [0.3, 0.4) is 0 Å². The molecule has 130 valence electrons. The van der Waals surface area contributed by atoms with Gasteiger partial charge in [0, 0.05) is 36.4 Å². The van der Waals surface area contributed by atoms with E-state index in [0.29, 0.717) is 6.54 Å². The largest absolute Gasteiger partial charge is 0.350 e. The highest BCUT2D eigenvalue weighted by molar-refractivity contribution is 7.13. The van der Waals surface area contributed by atoms with Crippen molar-refractivity contribution in [3.05, 3.63) is 33.5 Å². The van der Waals surface area contributed by atoms with Crippen molar-refractivity contribution in [3.63, 3.8) is 0 Å². The van der Waals surface area contributed by atoms with Gasteiger partial charge in [0.15, 0.2) is 5.13 Å². The molecular weight excluding hydrogens is 340 g/mol. The van der Waals surface area contributed by atoms with Gasteiger partial charge in [-0.05, 0) is 31.7 Å². The van der Waals surface area contributed by atoms with Crippen molar-refractivity contribution in [2.45, 2.75) is 32.9 Å². The van der Waals surface area contributed by atoms with E-state index in [1.165, 1.54) is 4.88 Å². The predicted molar refractivity (Wildman–Crippen MR) is 101 cm³/mol. The zero-order valence-corrected chi connectivity index (χ0v) is 15.8. The maximum absolute atomic E-state index is 12.4. The lowest BCUT2D eigenvalue weighted by molar-refractivity contribution is -0.126. The van der Waals surface area contributed by atoms with Gasteiger partial charge in [0.1, 0.15) is 0 Å². The van der Waals surface area contributed by atoms with Crippen LogP contribution in [0.2, 0.25) is 0 Å². The molecule has 2 aromatic heterocycles.